The lowest BCUT2D eigenvalue weighted by Gasteiger charge is -2.28. The predicted octanol–water partition coefficient (Wildman–Crippen LogP) is 6.30. The third-order valence-electron chi connectivity index (χ3n) is 5.63. The van der Waals surface area contributed by atoms with Crippen molar-refractivity contribution in [3.63, 3.8) is 0 Å². The minimum Gasteiger partial charge on any atom is -0.444 e. The van der Waals surface area contributed by atoms with Gasteiger partial charge in [-0.25, -0.2) is 4.79 Å². The largest absolute Gasteiger partial charge is 0.444 e. The summed E-state index contributed by atoms with van der Waals surface area (Å²) in [7, 11) is 0. The molecule has 0 saturated carbocycles. The van der Waals surface area contributed by atoms with E-state index in [1.807, 2.05) is 94.4 Å². The number of allylic oxidation sites excluding steroid dienone is 1. The average molecular weight is 485 g/mol. The van der Waals surface area contributed by atoms with Crippen LogP contribution >= 0.6 is 0 Å². The van der Waals surface area contributed by atoms with Crippen molar-refractivity contribution in [2.45, 2.75) is 58.8 Å². The van der Waals surface area contributed by atoms with E-state index in [1.54, 1.807) is 6.08 Å². The highest BCUT2D eigenvalue weighted by Gasteiger charge is 2.22. The van der Waals surface area contributed by atoms with Crippen molar-refractivity contribution in [1.29, 1.82) is 0 Å². The highest BCUT2D eigenvalue weighted by Crippen LogP contribution is 2.16. The molecule has 0 spiro atoms. The fourth-order valence-corrected chi connectivity index (χ4v) is 3.82. The second-order valence-electron chi connectivity index (χ2n) is 9.91. The van der Waals surface area contributed by atoms with Crippen LogP contribution in [0.3, 0.4) is 0 Å². The van der Waals surface area contributed by atoms with Crippen LogP contribution < -0.4 is 5.32 Å². The number of carbonyl (C=O) groups excluding carboxylic acids is 2. The summed E-state index contributed by atoms with van der Waals surface area (Å²) in [5.41, 5.74) is 3.13. The van der Waals surface area contributed by atoms with Crippen LogP contribution in [0.15, 0.2) is 103 Å². The first-order chi connectivity index (χ1) is 17.2. The Labute approximate surface area is 214 Å². The zero-order valence-corrected chi connectivity index (χ0v) is 21.6. The van der Waals surface area contributed by atoms with E-state index in [-0.39, 0.29) is 5.78 Å². The van der Waals surface area contributed by atoms with Gasteiger partial charge in [-0.15, -0.1) is 0 Å². The molecule has 5 nitrogen and oxygen atoms in total. The number of carbonyl (C=O) groups is 2. The third kappa shape index (κ3) is 9.16. The highest BCUT2D eigenvalue weighted by molar-refractivity contribution is 5.95. The molecule has 1 atom stereocenters. The van der Waals surface area contributed by atoms with Crippen molar-refractivity contribution < 1.29 is 14.3 Å². The molecule has 0 aliphatic carbocycles. The first-order valence-corrected chi connectivity index (χ1v) is 12.3. The second-order valence-corrected chi connectivity index (χ2v) is 9.91. The van der Waals surface area contributed by atoms with Crippen molar-refractivity contribution in [2.24, 2.45) is 0 Å². The number of alkyl carbamates (subject to hydrolysis) is 1. The molecular weight excluding hydrogens is 448 g/mol. The Kier molecular flexibility index (Phi) is 9.60. The van der Waals surface area contributed by atoms with Gasteiger partial charge in [-0.2, -0.15) is 0 Å². The molecule has 1 amide bonds. The Morgan fingerprint density at radius 1 is 0.806 bits per heavy atom. The van der Waals surface area contributed by atoms with Gasteiger partial charge in [0.05, 0.1) is 6.04 Å². The van der Waals surface area contributed by atoms with E-state index in [0.717, 1.165) is 16.7 Å². The molecule has 1 N–H and O–H groups in total. The van der Waals surface area contributed by atoms with Gasteiger partial charge in [0, 0.05) is 31.3 Å². The summed E-state index contributed by atoms with van der Waals surface area (Å²) in [6.07, 6.45) is 1.39. The summed E-state index contributed by atoms with van der Waals surface area (Å²) in [4.78, 5) is 28.2. The monoisotopic (exact) mass is 484 g/mol. The van der Waals surface area contributed by atoms with E-state index in [2.05, 4.69) is 34.5 Å². The molecule has 0 fully saturated rings. The van der Waals surface area contributed by atoms with Gasteiger partial charge in [0.15, 0.2) is 5.78 Å². The van der Waals surface area contributed by atoms with E-state index in [1.165, 1.54) is 0 Å². The number of amides is 1. The van der Waals surface area contributed by atoms with Crippen molar-refractivity contribution in [1.82, 2.24) is 10.2 Å². The van der Waals surface area contributed by atoms with E-state index < -0.39 is 17.7 Å². The van der Waals surface area contributed by atoms with Crippen LogP contribution in [0.2, 0.25) is 0 Å². The lowest BCUT2D eigenvalue weighted by Crippen LogP contribution is -2.38. The molecule has 188 valence electrons. The van der Waals surface area contributed by atoms with Gasteiger partial charge in [-0.05, 0) is 44.4 Å². The Morgan fingerprint density at radius 3 is 1.69 bits per heavy atom. The van der Waals surface area contributed by atoms with Gasteiger partial charge in [0.1, 0.15) is 5.60 Å². The van der Waals surface area contributed by atoms with Gasteiger partial charge in [-0.3, -0.25) is 15.0 Å². The van der Waals surface area contributed by atoms with E-state index in [0.29, 0.717) is 25.2 Å². The van der Waals surface area contributed by atoms with Gasteiger partial charge in [-0.1, -0.05) is 91.0 Å². The van der Waals surface area contributed by atoms with Crippen LogP contribution in [-0.4, -0.2) is 28.4 Å². The van der Waals surface area contributed by atoms with Gasteiger partial charge in [0.2, 0.25) is 0 Å². The number of benzene rings is 3. The van der Waals surface area contributed by atoms with E-state index >= 15 is 0 Å². The molecule has 0 radical (unpaired) electrons. The summed E-state index contributed by atoms with van der Waals surface area (Å²) in [5, 5.41) is 2.81. The van der Waals surface area contributed by atoms with Crippen LogP contribution in [0.4, 0.5) is 4.79 Å². The molecule has 3 aromatic carbocycles. The molecule has 0 saturated heterocycles. The number of hydrogen-bond donors (Lipinski definition) is 1. The Balaban J connectivity index is 1.84. The molecule has 0 aliphatic rings. The van der Waals surface area contributed by atoms with Crippen LogP contribution in [-0.2, 0) is 29.0 Å². The zero-order valence-electron chi connectivity index (χ0n) is 21.6. The SMILES string of the molecule is C[C@@H](C(=O)/C=C(/Cc1ccccc1)NC(=O)OC(C)(C)C)N(Cc1ccccc1)Cc1ccccc1. The van der Waals surface area contributed by atoms with Crippen LogP contribution in [0.1, 0.15) is 44.4 Å². The van der Waals surface area contributed by atoms with Crippen molar-refractivity contribution >= 4 is 11.9 Å². The summed E-state index contributed by atoms with van der Waals surface area (Å²) < 4.78 is 5.44. The molecule has 0 heterocycles. The van der Waals surface area contributed by atoms with Crippen LogP contribution in [0.5, 0.6) is 0 Å². The summed E-state index contributed by atoms with van der Waals surface area (Å²) in [6, 6.07) is 29.6. The summed E-state index contributed by atoms with van der Waals surface area (Å²) in [5.74, 6) is -0.0798. The van der Waals surface area contributed by atoms with Crippen molar-refractivity contribution in [3.8, 4) is 0 Å². The Hall–Kier alpha value is -3.70. The fourth-order valence-electron chi connectivity index (χ4n) is 3.82. The van der Waals surface area contributed by atoms with Crippen molar-refractivity contribution in [2.75, 3.05) is 0 Å². The number of hydrogen-bond acceptors (Lipinski definition) is 4. The lowest BCUT2D eigenvalue weighted by atomic mass is 10.0. The lowest BCUT2D eigenvalue weighted by molar-refractivity contribution is -0.119. The minimum absolute atomic E-state index is 0.0798. The van der Waals surface area contributed by atoms with Crippen LogP contribution in [0.25, 0.3) is 0 Å². The average Bonchev–Trinajstić information content (AvgIpc) is 2.84. The van der Waals surface area contributed by atoms with Crippen LogP contribution in [0, 0.1) is 0 Å². The van der Waals surface area contributed by atoms with E-state index in [9.17, 15) is 9.59 Å². The fraction of sp³-hybridized carbons (Fsp3) is 0.290. The smallest absolute Gasteiger partial charge is 0.411 e. The molecular formula is C31H36N2O3. The molecule has 0 bridgehead atoms. The molecule has 5 heteroatoms. The predicted molar refractivity (Wildman–Crippen MR) is 144 cm³/mol. The van der Waals surface area contributed by atoms with Gasteiger partial charge in [0.25, 0.3) is 0 Å². The normalized spacial score (nSPS) is 12.8. The molecule has 0 aromatic heterocycles. The van der Waals surface area contributed by atoms with Gasteiger partial charge < -0.3 is 4.74 Å². The molecule has 0 aliphatic heterocycles. The zero-order chi connectivity index (χ0) is 26.0. The minimum atomic E-state index is -0.637. The summed E-state index contributed by atoms with van der Waals surface area (Å²) in [6.45, 7) is 8.61. The number of nitrogens with zero attached hydrogens (tertiary/aromatic N) is 1. The third-order valence-corrected chi connectivity index (χ3v) is 5.63. The van der Waals surface area contributed by atoms with Gasteiger partial charge >= 0.3 is 6.09 Å². The number of ether oxygens (including phenoxy) is 1. The molecule has 36 heavy (non-hydrogen) atoms. The van der Waals surface area contributed by atoms with Crippen molar-refractivity contribution in [3.05, 3.63) is 119 Å². The number of nitrogens with one attached hydrogen (secondary N) is 1. The second kappa shape index (κ2) is 12.8. The quantitative estimate of drug-likeness (QED) is 0.343. The highest BCUT2D eigenvalue weighted by atomic mass is 16.6. The molecule has 3 aromatic rings. The summed E-state index contributed by atoms with van der Waals surface area (Å²) >= 11 is 0. The Morgan fingerprint density at radius 2 is 1.25 bits per heavy atom. The number of rotatable bonds is 10. The topological polar surface area (TPSA) is 58.6 Å². The number of ketones is 1. The maximum absolute atomic E-state index is 13.5. The standard InChI is InChI=1S/C31H36N2O3/c1-24(33(22-26-16-10-6-11-17-26)23-27-18-12-7-13-19-27)29(34)21-28(20-25-14-8-5-9-15-25)32-30(35)36-31(2,3)4/h5-19,21,24H,20,22-23H2,1-4H3,(H,32,35)/b28-21-/t24-/m0/s1. The molecule has 3 rings (SSSR count). The maximum Gasteiger partial charge on any atom is 0.411 e. The Bertz CT molecular complexity index is 1100. The first kappa shape index (κ1) is 26.9. The molecule has 0 unspecified atom stereocenters. The van der Waals surface area contributed by atoms with E-state index in [4.69, 9.17) is 4.74 Å². The first-order valence-electron chi connectivity index (χ1n) is 12.3. The maximum atomic E-state index is 13.5.